The number of halogens is 2. The first-order valence-electron chi connectivity index (χ1n) is 14.5. The molecule has 3 aromatic carbocycles. The van der Waals surface area contributed by atoms with Gasteiger partial charge in [-0.2, -0.15) is 9.97 Å². The molecule has 0 saturated carbocycles. The van der Waals surface area contributed by atoms with E-state index in [1.54, 1.807) is 18.2 Å². The topological polar surface area (TPSA) is 99.8 Å². The first kappa shape index (κ1) is 26.6. The molecular formula is C31H34ClFN6O2. The van der Waals surface area contributed by atoms with Crippen LogP contribution in [0.5, 0.6) is 11.8 Å². The zero-order valence-electron chi connectivity index (χ0n) is 22.8. The summed E-state index contributed by atoms with van der Waals surface area (Å²) < 4.78 is 22.8. The summed E-state index contributed by atoms with van der Waals surface area (Å²) in [4.78, 5) is 13.9. The van der Waals surface area contributed by atoms with Crippen LogP contribution in [0.3, 0.4) is 0 Å². The van der Waals surface area contributed by atoms with Crippen molar-refractivity contribution in [3.8, 4) is 22.9 Å². The Bertz CT molecular complexity index is 1600. The summed E-state index contributed by atoms with van der Waals surface area (Å²) in [5, 5.41) is 16.4. The average Bonchev–Trinajstić information content (AvgIpc) is 3.30. The fourth-order valence-corrected chi connectivity index (χ4v) is 7.04. The van der Waals surface area contributed by atoms with Crippen LogP contribution >= 0.6 is 11.6 Å². The molecule has 3 aliphatic rings. The molecule has 41 heavy (non-hydrogen) atoms. The van der Waals surface area contributed by atoms with E-state index in [2.05, 4.69) is 20.1 Å². The molecule has 8 nitrogen and oxygen atoms in total. The largest absolute Gasteiger partial charge is 0.508 e. The number of aromatic hydroxyl groups is 1. The lowest BCUT2D eigenvalue weighted by Crippen LogP contribution is -2.51. The van der Waals surface area contributed by atoms with E-state index in [9.17, 15) is 5.11 Å². The number of phenols is 1. The third-order valence-electron chi connectivity index (χ3n) is 8.62. The number of aromatic nitrogens is 2. The van der Waals surface area contributed by atoms with Crippen LogP contribution in [0, 0.1) is 5.82 Å². The van der Waals surface area contributed by atoms with Crippen molar-refractivity contribution in [2.45, 2.75) is 50.4 Å². The Balaban J connectivity index is 1.35. The zero-order chi connectivity index (χ0) is 28.1. The first-order valence-corrected chi connectivity index (χ1v) is 14.9. The number of hydrogen-bond donors (Lipinski definition) is 3. The molecule has 2 unspecified atom stereocenters. The second-order valence-electron chi connectivity index (χ2n) is 11.5. The van der Waals surface area contributed by atoms with E-state index in [1.165, 1.54) is 6.42 Å². The normalized spacial score (nSPS) is 22.0. The number of hydrogen-bond acceptors (Lipinski definition) is 8. The summed E-state index contributed by atoms with van der Waals surface area (Å²) in [7, 11) is 0. The van der Waals surface area contributed by atoms with E-state index in [4.69, 9.17) is 27.1 Å². The number of anilines is 1. The van der Waals surface area contributed by atoms with Crippen molar-refractivity contribution in [2.75, 3.05) is 37.6 Å². The van der Waals surface area contributed by atoms with Crippen LogP contribution in [0.15, 0.2) is 42.5 Å². The lowest BCUT2D eigenvalue weighted by Gasteiger charge is -2.34. The molecule has 4 heterocycles. The molecule has 2 bridgehead atoms. The Kier molecular flexibility index (Phi) is 7.06. The number of nitrogens with zero attached hydrogens (tertiary/aromatic N) is 4. The van der Waals surface area contributed by atoms with Gasteiger partial charge in [0, 0.05) is 42.7 Å². The summed E-state index contributed by atoms with van der Waals surface area (Å²) in [6, 6.07) is 13.2. The highest BCUT2D eigenvalue weighted by Gasteiger charge is 2.34. The molecule has 214 valence electrons. The Morgan fingerprint density at radius 2 is 1.80 bits per heavy atom. The molecule has 4 aromatic rings. The van der Waals surface area contributed by atoms with Crippen LogP contribution in [0.4, 0.5) is 10.2 Å². The standard InChI is InChI=1S/C31H34ClFN6O2/c32-25-14-24-29(28(33)27(25)23-13-21(40)12-18-6-2-3-7-22(18)23)36-31(41-26(34)17-38-10-4-1-5-11-38)37-30(24)39-15-19-8-9-20(16-39)35-19/h2-3,6-7,12-14,19-20,26,35,40H,1,4-5,8-11,15-17,34H2/t19?,20?,26-/m0/s1. The summed E-state index contributed by atoms with van der Waals surface area (Å²) >= 11 is 6.84. The number of fused-ring (bicyclic) bond motifs is 4. The highest BCUT2D eigenvalue weighted by Crippen LogP contribution is 2.43. The van der Waals surface area contributed by atoms with Crippen LogP contribution in [0.2, 0.25) is 5.02 Å². The number of ether oxygens (including phenoxy) is 1. The zero-order valence-corrected chi connectivity index (χ0v) is 23.6. The quantitative estimate of drug-likeness (QED) is 0.275. The van der Waals surface area contributed by atoms with Gasteiger partial charge < -0.3 is 20.1 Å². The molecule has 3 atom stereocenters. The van der Waals surface area contributed by atoms with Gasteiger partial charge in [-0.05, 0) is 73.3 Å². The van der Waals surface area contributed by atoms with Crippen molar-refractivity contribution in [3.63, 3.8) is 0 Å². The Labute approximate surface area is 243 Å². The summed E-state index contributed by atoms with van der Waals surface area (Å²) in [6.07, 6.45) is 5.06. The third-order valence-corrected chi connectivity index (χ3v) is 8.92. The Morgan fingerprint density at radius 1 is 1.05 bits per heavy atom. The van der Waals surface area contributed by atoms with Crippen LogP contribution in [-0.4, -0.2) is 71.0 Å². The maximum absolute atomic E-state index is 16.7. The van der Waals surface area contributed by atoms with E-state index in [-0.39, 0.29) is 27.9 Å². The number of phenolic OH excluding ortho intramolecular Hbond substituents is 1. The van der Waals surface area contributed by atoms with Gasteiger partial charge in [-0.15, -0.1) is 0 Å². The molecular weight excluding hydrogens is 543 g/mol. The molecule has 0 amide bonds. The number of piperazine rings is 1. The third kappa shape index (κ3) is 5.16. The molecule has 1 aromatic heterocycles. The van der Waals surface area contributed by atoms with Gasteiger partial charge in [0.05, 0.1) is 5.02 Å². The van der Waals surface area contributed by atoms with Crippen molar-refractivity contribution in [2.24, 2.45) is 5.73 Å². The Morgan fingerprint density at radius 3 is 2.59 bits per heavy atom. The van der Waals surface area contributed by atoms with E-state index >= 15 is 4.39 Å². The number of nitrogens with one attached hydrogen (secondary N) is 1. The van der Waals surface area contributed by atoms with Crippen molar-refractivity contribution in [1.29, 1.82) is 0 Å². The average molecular weight is 577 g/mol. The highest BCUT2D eigenvalue weighted by atomic mass is 35.5. The van der Waals surface area contributed by atoms with Gasteiger partial charge in [-0.25, -0.2) is 4.39 Å². The van der Waals surface area contributed by atoms with Gasteiger partial charge in [-0.3, -0.25) is 10.6 Å². The SMILES string of the molecule is N[C@H](CN1CCCCC1)Oc1nc(N2CC3CCC(C2)N3)c2cc(Cl)c(-c3cc(O)cc4ccccc34)c(F)c2n1. The van der Waals surface area contributed by atoms with Gasteiger partial charge in [0.15, 0.2) is 12.0 Å². The molecule has 0 radical (unpaired) electrons. The number of benzene rings is 3. The first-order chi connectivity index (χ1) is 19.9. The number of likely N-dealkylation sites (tertiary alicyclic amines) is 1. The number of piperidine rings is 1. The van der Waals surface area contributed by atoms with Gasteiger partial charge in [0.25, 0.3) is 0 Å². The van der Waals surface area contributed by atoms with E-state index in [0.717, 1.165) is 62.6 Å². The van der Waals surface area contributed by atoms with E-state index < -0.39 is 12.0 Å². The monoisotopic (exact) mass is 576 g/mol. The molecule has 4 N–H and O–H groups in total. The van der Waals surface area contributed by atoms with Crippen LogP contribution in [0.25, 0.3) is 32.8 Å². The summed E-state index contributed by atoms with van der Waals surface area (Å²) in [6.45, 7) is 4.02. The van der Waals surface area contributed by atoms with E-state index in [1.807, 2.05) is 24.3 Å². The minimum absolute atomic E-state index is 0.0293. The predicted octanol–water partition coefficient (Wildman–Crippen LogP) is 5.04. The van der Waals surface area contributed by atoms with Gasteiger partial charge in [0.2, 0.25) is 0 Å². The second-order valence-corrected chi connectivity index (χ2v) is 12.0. The van der Waals surface area contributed by atoms with Crippen molar-refractivity contribution >= 4 is 39.1 Å². The maximum Gasteiger partial charge on any atom is 0.320 e. The molecule has 7 rings (SSSR count). The predicted molar refractivity (Wildman–Crippen MR) is 160 cm³/mol. The Hall–Kier alpha value is -3.24. The van der Waals surface area contributed by atoms with Gasteiger partial charge in [-0.1, -0.05) is 42.3 Å². The summed E-state index contributed by atoms with van der Waals surface area (Å²) in [5.74, 6) is 0.0443. The second kappa shape index (κ2) is 10.9. The highest BCUT2D eigenvalue weighted by molar-refractivity contribution is 6.35. The fraction of sp³-hybridized carbons (Fsp3) is 0.419. The minimum Gasteiger partial charge on any atom is -0.508 e. The minimum atomic E-state index is -0.651. The van der Waals surface area contributed by atoms with Crippen LogP contribution < -0.4 is 20.7 Å². The molecule has 3 fully saturated rings. The molecule has 0 spiro atoms. The van der Waals surface area contributed by atoms with Gasteiger partial charge >= 0.3 is 6.01 Å². The molecule has 0 aliphatic carbocycles. The number of rotatable bonds is 6. The molecule has 10 heteroatoms. The van der Waals surface area contributed by atoms with Crippen LogP contribution in [0.1, 0.15) is 32.1 Å². The lowest BCUT2D eigenvalue weighted by atomic mass is 9.96. The summed E-state index contributed by atoms with van der Waals surface area (Å²) in [5.41, 5.74) is 7.21. The van der Waals surface area contributed by atoms with Crippen molar-refractivity contribution in [1.82, 2.24) is 20.2 Å². The smallest absolute Gasteiger partial charge is 0.320 e. The molecule has 3 saturated heterocycles. The molecule has 3 aliphatic heterocycles. The number of nitrogens with two attached hydrogens (primary N) is 1. The van der Waals surface area contributed by atoms with Crippen molar-refractivity contribution in [3.05, 3.63) is 53.3 Å². The fourth-order valence-electron chi connectivity index (χ4n) is 6.74. The van der Waals surface area contributed by atoms with E-state index in [0.29, 0.717) is 35.4 Å². The van der Waals surface area contributed by atoms with Crippen LogP contribution in [-0.2, 0) is 0 Å². The maximum atomic E-state index is 16.7. The lowest BCUT2D eigenvalue weighted by molar-refractivity contribution is 0.115. The van der Waals surface area contributed by atoms with Crippen molar-refractivity contribution < 1.29 is 14.2 Å². The van der Waals surface area contributed by atoms with Gasteiger partial charge in [0.1, 0.15) is 17.1 Å².